The molecule has 0 fully saturated rings. The summed E-state index contributed by atoms with van der Waals surface area (Å²) in [5, 5.41) is 0.620. The largest absolute Gasteiger partial charge is 0.284 e. The predicted molar refractivity (Wildman–Crippen MR) is 128 cm³/mol. The number of aromatic nitrogens is 2. The van der Waals surface area contributed by atoms with Crippen molar-refractivity contribution in [3.8, 4) is 0 Å². The molecule has 0 aliphatic rings. The summed E-state index contributed by atoms with van der Waals surface area (Å²) in [6.07, 6.45) is 3.14. The Morgan fingerprint density at radius 3 is 2.47 bits per heavy atom. The summed E-state index contributed by atoms with van der Waals surface area (Å²) in [5.74, 6) is -2.17. The number of benzene rings is 2. The zero-order chi connectivity index (χ0) is 24.3. The van der Waals surface area contributed by atoms with Crippen LogP contribution in [0.5, 0.6) is 0 Å². The van der Waals surface area contributed by atoms with E-state index in [2.05, 4.69) is 9.97 Å². The molecule has 0 saturated heterocycles. The highest BCUT2D eigenvalue weighted by Crippen LogP contribution is 2.32. The number of fused-ring (bicyclic) bond motifs is 1. The molecule has 6 nitrogen and oxygen atoms in total. The average molecular weight is 522 g/mol. The van der Waals surface area contributed by atoms with Crippen molar-refractivity contribution in [1.82, 2.24) is 9.97 Å². The number of carbonyl (C=O) groups is 1. The Bertz CT molecular complexity index is 1430. The van der Waals surface area contributed by atoms with Crippen LogP contribution in [0, 0.1) is 11.6 Å². The zero-order valence-corrected chi connectivity index (χ0v) is 20.0. The van der Waals surface area contributed by atoms with Gasteiger partial charge >= 0.3 is 0 Å². The van der Waals surface area contributed by atoms with Crippen LogP contribution in [0.25, 0.3) is 10.2 Å². The van der Waals surface area contributed by atoms with Gasteiger partial charge in [0.1, 0.15) is 11.3 Å². The van der Waals surface area contributed by atoms with Crippen LogP contribution in [-0.4, -0.2) is 30.0 Å². The highest BCUT2D eigenvalue weighted by molar-refractivity contribution is 7.91. The van der Waals surface area contributed by atoms with Gasteiger partial charge in [0.15, 0.2) is 20.8 Å². The van der Waals surface area contributed by atoms with Crippen molar-refractivity contribution in [1.29, 1.82) is 0 Å². The number of amides is 1. The molecule has 176 valence electrons. The van der Waals surface area contributed by atoms with Crippen LogP contribution in [0.4, 0.5) is 13.9 Å². The van der Waals surface area contributed by atoms with Crippen molar-refractivity contribution in [3.63, 3.8) is 0 Å². The van der Waals surface area contributed by atoms with Crippen LogP contribution < -0.4 is 4.90 Å². The topological polar surface area (TPSA) is 80.2 Å². The first-order chi connectivity index (χ1) is 16.2. The summed E-state index contributed by atoms with van der Waals surface area (Å²) >= 11 is 6.80. The molecule has 0 atom stereocenters. The van der Waals surface area contributed by atoms with E-state index in [4.69, 9.17) is 11.6 Å². The fraction of sp³-hybridized carbons (Fsp3) is 0.174. The molecule has 0 aliphatic heterocycles. The van der Waals surface area contributed by atoms with Crippen LogP contribution in [-0.2, 0) is 21.2 Å². The number of pyridine rings is 1. The predicted octanol–water partition coefficient (Wildman–Crippen LogP) is 5.41. The molecule has 2 heterocycles. The standard InChI is InChI=1S/C23H18ClF2N3O3S2/c24-16-3-5-18(6-4-16)34(31,32)11-1-2-21(30)29(14-15-7-9-27-10-8-15)23-28-22-19(26)12-17(25)13-20(22)33-23/h3-10,12-13H,1-2,11,14H2. The van der Waals surface area contributed by atoms with Crippen molar-refractivity contribution >= 4 is 54.0 Å². The third kappa shape index (κ3) is 5.57. The molecular formula is C23H18ClF2N3O3S2. The summed E-state index contributed by atoms with van der Waals surface area (Å²) in [5.41, 5.74) is 0.724. The zero-order valence-electron chi connectivity index (χ0n) is 17.6. The number of thiazole rings is 1. The van der Waals surface area contributed by atoms with E-state index in [0.717, 1.165) is 29.0 Å². The number of hydrogen-bond donors (Lipinski definition) is 0. The van der Waals surface area contributed by atoms with Gasteiger partial charge in [0.05, 0.1) is 21.9 Å². The highest BCUT2D eigenvalue weighted by atomic mass is 35.5. The van der Waals surface area contributed by atoms with Crippen molar-refractivity contribution in [2.75, 3.05) is 10.7 Å². The molecule has 4 rings (SSSR count). The van der Waals surface area contributed by atoms with Gasteiger partial charge in [-0.05, 0) is 54.4 Å². The summed E-state index contributed by atoms with van der Waals surface area (Å²) in [6.45, 7) is 0.120. The number of anilines is 1. The molecule has 2 aromatic heterocycles. The van der Waals surface area contributed by atoms with Gasteiger partial charge in [-0.15, -0.1) is 0 Å². The van der Waals surface area contributed by atoms with Gasteiger partial charge in [-0.2, -0.15) is 0 Å². The van der Waals surface area contributed by atoms with Gasteiger partial charge in [-0.25, -0.2) is 22.2 Å². The Morgan fingerprint density at radius 1 is 1.06 bits per heavy atom. The molecule has 0 aliphatic carbocycles. The van der Waals surface area contributed by atoms with E-state index < -0.39 is 21.5 Å². The molecule has 34 heavy (non-hydrogen) atoms. The molecule has 0 spiro atoms. The second kappa shape index (κ2) is 10.1. The number of nitrogens with zero attached hydrogens (tertiary/aromatic N) is 3. The molecule has 2 aromatic carbocycles. The summed E-state index contributed by atoms with van der Waals surface area (Å²) in [7, 11) is -3.59. The summed E-state index contributed by atoms with van der Waals surface area (Å²) in [6, 6.07) is 11.2. The van der Waals surface area contributed by atoms with Crippen molar-refractivity contribution < 1.29 is 22.0 Å². The third-order valence-electron chi connectivity index (χ3n) is 5.00. The quantitative estimate of drug-likeness (QED) is 0.310. The highest BCUT2D eigenvalue weighted by Gasteiger charge is 2.23. The van der Waals surface area contributed by atoms with Crippen molar-refractivity contribution in [2.45, 2.75) is 24.3 Å². The smallest absolute Gasteiger partial charge is 0.229 e. The first kappa shape index (κ1) is 24.2. The van der Waals surface area contributed by atoms with Crippen molar-refractivity contribution in [3.05, 3.63) is 83.1 Å². The Kier molecular flexibility index (Phi) is 7.20. The molecule has 1 amide bonds. The first-order valence-corrected chi connectivity index (χ1v) is 13.0. The molecular weight excluding hydrogens is 504 g/mol. The third-order valence-corrected chi connectivity index (χ3v) is 8.09. The minimum Gasteiger partial charge on any atom is -0.284 e. The maximum absolute atomic E-state index is 14.2. The maximum Gasteiger partial charge on any atom is 0.229 e. The van der Waals surface area contributed by atoms with Gasteiger partial charge in [-0.1, -0.05) is 22.9 Å². The first-order valence-electron chi connectivity index (χ1n) is 10.2. The van der Waals surface area contributed by atoms with Crippen LogP contribution in [0.3, 0.4) is 0 Å². The molecule has 0 saturated carbocycles. The number of hydrogen-bond acceptors (Lipinski definition) is 6. The molecule has 0 bridgehead atoms. The molecule has 11 heteroatoms. The Balaban J connectivity index is 1.55. The molecule has 0 unspecified atom stereocenters. The van der Waals surface area contributed by atoms with E-state index in [0.29, 0.717) is 5.02 Å². The molecule has 0 N–H and O–H groups in total. The Labute approximate surface area is 203 Å². The Hall–Kier alpha value is -2.95. The molecule has 4 aromatic rings. The fourth-order valence-corrected chi connectivity index (χ4v) is 5.76. The lowest BCUT2D eigenvalue weighted by Gasteiger charge is -2.20. The van der Waals surface area contributed by atoms with Gasteiger partial charge in [0.25, 0.3) is 0 Å². The lowest BCUT2D eigenvalue weighted by atomic mass is 10.2. The van der Waals surface area contributed by atoms with E-state index in [1.165, 1.54) is 29.2 Å². The van der Waals surface area contributed by atoms with E-state index in [-0.39, 0.29) is 51.3 Å². The lowest BCUT2D eigenvalue weighted by molar-refractivity contribution is -0.118. The van der Waals surface area contributed by atoms with Gasteiger partial charge in [-0.3, -0.25) is 14.7 Å². The number of carbonyl (C=O) groups excluding carboxylic acids is 1. The van der Waals surface area contributed by atoms with Gasteiger partial charge in [0.2, 0.25) is 5.91 Å². The van der Waals surface area contributed by atoms with Gasteiger partial charge < -0.3 is 0 Å². The summed E-state index contributed by atoms with van der Waals surface area (Å²) in [4.78, 5) is 22.8. The second-order valence-corrected chi connectivity index (χ2v) is 11.0. The lowest BCUT2D eigenvalue weighted by Crippen LogP contribution is -2.30. The van der Waals surface area contributed by atoms with Crippen LogP contribution in [0.2, 0.25) is 5.02 Å². The van der Waals surface area contributed by atoms with E-state index >= 15 is 0 Å². The SMILES string of the molecule is O=C(CCCS(=O)(=O)c1ccc(Cl)cc1)N(Cc1ccncc1)c1nc2c(F)cc(F)cc2s1. The van der Waals surface area contributed by atoms with E-state index in [1.54, 1.807) is 24.5 Å². The van der Waals surface area contributed by atoms with Crippen LogP contribution in [0.15, 0.2) is 65.8 Å². The summed E-state index contributed by atoms with van der Waals surface area (Å²) < 4.78 is 53.3. The minimum absolute atomic E-state index is 0.0285. The average Bonchev–Trinajstić information content (AvgIpc) is 3.22. The second-order valence-electron chi connectivity index (χ2n) is 7.44. The van der Waals surface area contributed by atoms with E-state index in [9.17, 15) is 22.0 Å². The Morgan fingerprint density at radius 2 is 1.76 bits per heavy atom. The number of sulfone groups is 1. The normalized spacial score (nSPS) is 11.6. The molecule has 0 radical (unpaired) electrons. The number of rotatable bonds is 8. The number of halogens is 3. The maximum atomic E-state index is 14.2. The minimum atomic E-state index is -3.59. The van der Waals surface area contributed by atoms with Crippen LogP contribution >= 0.6 is 22.9 Å². The van der Waals surface area contributed by atoms with E-state index in [1.807, 2.05) is 0 Å². The fourth-order valence-electron chi connectivity index (χ4n) is 3.30. The van der Waals surface area contributed by atoms with Crippen molar-refractivity contribution in [2.24, 2.45) is 0 Å². The monoisotopic (exact) mass is 521 g/mol. The van der Waals surface area contributed by atoms with Gasteiger partial charge in [0, 0.05) is 29.9 Å². The van der Waals surface area contributed by atoms with Crippen LogP contribution in [0.1, 0.15) is 18.4 Å².